The molecule has 1 aliphatic rings. The van der Waals surface area contributed by atoms with E-state index in [1.807, 2.05) is 0 Å². The van der Waals surface area contributed by atoms with Gasteiger partial charge in [0.2, 0.25) is 0 Å². The van der Waals surface area contributed by atoms with Crippen molar-refractivity contribution in [1.82, 2.24) is 5.32 Å². The van der Waals surface area contributed by atoms with Crippen molar-refractivity contribution in [3.63, 3.8) is 0 Å². The third-order valence-electron chi connectivity index (χ3n) is 4.58. The molecule has 2 heteroatoms. The van der Waals surface area contributed by atoms with Gasteiger partial charge in [-0.05, 0) is 54.8 Å². The summed E-state index contributed by atoms with van der Waals surface area (Å²) in [6, 6.07) is 9.04. The summed E-state index contributed by atoms with van der Waals surface area (Å²) in [6.07, 6.45) is 5.08. The lowest BCUT2D eigenvalue weighted by Gasteiger charge is -2.41. The fourth-order valence-corrected chi connectivity index (χ4v) is 2.79. The average Bonchev–Trinajstić information content (AvgIpc) is 2.37. The quantitative estimate of drug-likeness (QED) is 0.739. The number of nitrogens with one attached hydrogen (secondary N) is 1. The molecule has 1 fully saturated rings. The lowest BCUT2D eigenvalue weighted by Crippen LogP contribution is -2.45. The molecule has 0 aliphatic heterocycles. The molecule has 106 valence electrons. The Balaban J connectivity index is 1.70. The van der Waals surface area contributed by atoms with Crippen LogP contribution in [0.4, 0.5) is 0 Å². The van der Waals surface area contributed by atoms with Gasteiger partial charge in [-0.25, -0.2) is 0 Å². The number of nitrogens with two attached hydrogens (primary N) is 1. The second-order valence-corrected chi connectivity index (χ2v) is 6.38. The van der Waals surface area contributed by atoms with Crippen LogP contribution in [0.2, 0.25) is 0 Å². The van der Waals surface area contributed by atoms with E-state index < -0.39 is 0 Å². The third kappa shape index (κ3) is 3.80. The fraction of sp³-hybridized carbons (Fsp3) is 0.647. The second-order valence-electron chi connectivity index (χ2n) is 6.38. The molecule has 3 N–H and O–H groups in total. The van der Waals surface area contributed by atoms with E-state index in [4.69, 9.17) is 5.73 Å². The summed E-state index contributed by atoms with van der Waals surface area (Å²) in [6.45, 7) is 7.46. The predicted molar refractivity (Wildman–Crippen MR) is 82.4 cm³/mol. The molecule has 1 aromatic rings. The van der Waals surface area contributed by atoms with Crippen molar-refractivity contribution in [2.24, 2.45) is 11.1 Å². The Morgan fingerprint density at radius 3 is 2.37 bits per heavy atom. The van der Waals surface area contributed by atoms with Gasteiger partial charge in [-0.1, -0.05) is 44.5 Å². The summed E-state index contributed by atoms with van der Waals surface area (Å²) < 4.78 is 0. The van der Waals surface area contributed by atoms with Gasteiger partial charge in [0.15, 0.2) is 0 Å². The molecule has 2 nitrogen and oxygen atoms in total. The molecule has 19 heavy (non-hydrogen) atoms. The molecule has 0 radical (unpaired) electrons. The van der Waals surface area contributed by atoms with Crippen LogP contribution >= 0.6 is 0 Å². The Morgan fingerprint density at radius 2 is 1.89 bits per heavy atom. The van der Waals surface area contributed by atoms with Gasteiger partial charge >= 0.3 is 0 Å². The molecular weight excluding hydrogens is 232 g/mol. The van der Waals surface area contributed by atoms with Gasteiger partial charge in [-0.15, -0.1) is 0 Å². The van der Waals surface area contributed by atoms with Crippen LogP contribution in [0.5, 0.6) is 0 Å². The topological polar surface area (TPSA) is 38.0 Å². The zero-order chi connectivity index (χ0) is 13.7. The minimum absolute atomic E-state index is 0.418. The summed E-state index contributed by atoms with van der Waals surface area (Å²) in [7, 11) is 0. The number of benzene rings is 1. The molecule has 0 saturated heterocycles. The monoisotopic (exact) mass is 260 g/mol. The molecule has 0 bridgehead atoms. The first kappa shape index (κ1) is 14.5. The van der Waals surface area contributed by atoms with Crippen LogP contribution in [-0.4, -0.2) is 19.6 Å². The van der Waals surface area contributed by atoms with Crippen LogP contribution < -0.4 is 11.1 Å². The largest absolute Gasteiger partial charge is 0.330 e. The highest BCUT2D eigenvalue weighted by Crippen LogP contribution is 2.38. The number of hydrogen-bond acceptors (Lipinski definition) is 2. The van der Waals surface area contributed by atoms with Gasteiger partial charge in [0.05, 0.1) is 0 Å². The second kappa shape index (κ2) is 6.53. The van der Waals surface area contributed by atoms with Crippen LogP contribution in [-0.2, 0) is 6.42 Å². The van der Waals surface area contributed by atoms with E-state index >= 15 is 0 Å². The molecule has 0 unspecified atom stereocenters. The minimum atomic E-state index is 0.418. The summed E-state index contributed by atoms with van der Waals surface area (Å²) in [5.41, 5.74) is 9.13. The Bertz CT molecular complexity index is 371. The summed E-state index contributed by atoms with van der Waals surface area (Å²) in [4.78, 5) is 0. The van der Waals surface area contributed by atoms with E-state index in [0.717, 1.165) is 26.1 Å². The molecule has 0 aromatic heterocycles. The van der Waals surface area contributed by atoms with Gasteiger partial charge in [-0.2, -0.15) is 0 Å². The molecule has 1 aliphatic carbocycles. The normalized spacial score (nSPS) is 17.5. The van der Waals surface area contributed by atoms with Crippen molar-refractivity contribution in [1.29, 1.82) is 0 Å². The smallest absolute Gasteiger partial charge is 0.00200 e. The first-order valence-electron chi connectivity index (χ1n) is 7.65. The molecule has 0 atom stereocenters. The minimum Gasteiger partial charge on any atom is -0.330 e. The Kier molecular flexibility index (Phi) is 5.00. The van der Waals surface area contributed by atoms with E-state index in [9.17, 15) is 0 Å². The maximum Gasteiger partial charge on any atom is 0.00200 e. The lowest BCUT2D eigenvalue weighted by atomic mass is 9.69. The Morgan fingerprint density at radius 1 is 1.21 bits per heavy atom. The van der Waals surface area contributed by atoms with Crippen molar-refractivity contribution >= 4 is 0 Å². The Labute approximate surface area is 117 Å². The van der Waals surface area contributed by atoms with E-state index in [1.165, 1.54) is 30.4 Å². The van der Waals surface area contributed by atoms with Crippen LogP contribution in [0, 0.1) is 5.41 Å². The summed E-state index contributed by atoms with van der Waals surface area (Å²) in [5.74, 6) is 0.621. The van der Waals surface area contributed by atoms with E-state index in [0.29, 0.717) is 11.3 Å². The van der Waals surface area contributed by atoms with Crippen LogP contribution in [0.15, 0.2) is 24.3 Å². The van der Waals surface area contributed by atoms with E-state index in [2.05, 4.69) is 43.4 Å². The molecule has 0 amide bonds. The highest BCUT2D eigenvalue weighted by molar-refractivity contribution is 5.24. The van der Waals surface area contributed by atoms with Crippen molar-refractivity contribution in [2.75, 3.05) is 19.6 Å². The van der Waals surface area contributed by atoms with Gasteiger partial charge in [0.1, 0.15) is 0 Å². The van der Waals surface area contributed by atoms with Gasteiger partial charge < -0.3 is 11.1 Å². The zero-order valence-electron chi connectivity index (χ0n) is 12.4. The number of rotatable bonds is 7. The molecular formula is C17H28N2. The number of hydrogen-bond donors (Lipinski definition) is 2. The molecule has 0 spiro atoms. The van der Waals surface area contributed by atoms with Crippen LogP contribution in [0.25, 0.3) is 0 Å². The fourth-order valence-electron chi connectivity index (χ4n) is 2.79. The first-order chi connectivity index (χ1) is 9.15. The van der Waals surface area contributed by atoms with Crippen molar-refractivity contribution in [3.8, 4) is 0 Å². The van der Waals surface area contributed by atoms with Gasteiger partial charge in [-0.3, -0.25) is 0 Å². The molecule has 2 rings (SSSR count). The zero-order valence-corrected chi connectivity index (χ0v) is 12.4. The molecule has 1 saturated carbocycles. The van der Waals surface area contributed by atoms with E-state index in [1.54, 1.807) is 0 Å². The average molecular weight is 260 g/mol. The van der Waals surface area contributed by atoms with Crippen LogP contribution in [0.1, 0.15) is 50.2 Å². The van der Waals surface area contributed by atoms with Crippen LogP contribution in [0.3, 0.4) is 0 Å². The van der Waals surface area contributed by atoms with Crippen molar-refractivity contribution < 1.29 is 0 Å². The highest BCUT2D eigenvalue weighted by Gasteiger charge is 2.34. The molecule has 1 aromatic carbocycles. The Hall–Kier alpha value is -0.860. The first-order valence-corrected chi connectivity index (χ1v) is 7.65. The molecule has 0 heterocycles. The van der Waals surface area contributed by atoms with Gasteiger partial charge in [0, 0.05) is 6.54 Å². The summed E-state index contributed by atoms with van der Waals surface area (Å²) in [5, 5.41) is 3.58. The van der Waals surface area contributed by atoms with Gasteiger partial charge in [0.25, 0.3) is 0 Å². The van der Waals surface area contributed by atoms with Crippen molar-refractivity contribution in [2.45, 2.75) is 45.4 Å². The van der Waals surface area contributed by atoms with Crippen molar-refractivity contribution in [3.05, 3.63) is 35.4 Å². The standard InChI is InChI=1S/C17H28N2/c1-14(2)16-6-4-15(5-7-16)8-11-19-13-17(12-18)9-3-10-17/h4-7,14,19H,3,8-13,18H2,1-2H3. The third-order valence-corrected chi connectivity index (χ3v) is 4.58. The van der Waals surface area contributed by atoms with E-state index in [-0.39, 0.29) is 0 Å². The SMILES string of the molecule is CC(C)c1ccc(CCNCC2(CN)CCC2)cc1. The summed E-state index contributed by atoms with van der Waals surface area (Å²) >= 11 is 0. The maximum absolute atomic E-state index is 5.87. The predicted octanol–water partition coefficient (Wildman–Crippen LogP) is 3.07. The highest BCUT2D eigenvalue weighted by atomic mass is 14.9. The lowest BCUT2D eigenvalue weighted by molar-refractivity contribution is 0.141. The maximum atomic E-state index is 5.87.